The van der Waals surface area contributed by atoms with Crippen molar-refractivity contribution in [2.24, 2.45) is 5.73 Å². The van der Waals surface area contributed by atoms with Gasteiger partial charge in [0.15, 0.2) is 0 Å². The number of fused-ring (bicyclic) bond motifs is 1. The van der Waals surface area contributed by atoms with Crippen molar-refractivity contribution in [2.75, 3.05) is 0 Å². The molecule has 1 aromatic carbocycles. The van der Waals surface area contributed by atoms with Gasteiger partial charge in [-0.25, -0.2) is 4.98 Å². The Labute approximate surface area is 167 Å². The van der Waals surface area contributed by atoms with Crippen LogP contribution in [0.5, 0.6) is 0 Å². The normalized spacial score (nSPS) is 11.2. The monoisotopic (exact) mass is 382 g/mol. The van der Waals surface area contributed by atoms with Crippen molar-refractivity contribution in [3.63, 3.8) is 0 Å². The molecule has 0 aliphatic rings. The molecule has 6 nitrogen and oxygen atoms in total. The number of nitrogens with zero attached hydrogens (tertiary/aromatic N) is 2. The summed E-state index contributed by atoms with van der Waals surface area (Å²) in [7, 11) is 0. The van der Waals surface area contributed by atoms with Crippen molar-refractivity contribution in [1.29, 1.82) is 0 Å². The van der Waals surface area contributed by atoms with E-state index >= 15 is 0 Å². The molecule has 0 atom stereocenters. The summed E-state index contributed by atoms with van der Waals surface area (Å²) in [5, 5.41) is 0.861. The summed E-state index contributed by atoms with van der Waals surface area (Å²) < 4.78 is 0. The van der Waals surface area contributed by atoms with Crippen LogP contribution in [0.1, 0.15) is 27.2 Å². The van der Waals surface area contributed by atoms with Gasteiger partial charge in [-0.15, -0.1) is 0 Å². The number of aromatic nitrogens is 3. The Bertz CT molecular complexity index is 1240. The van der Waals surface area contributed by atoms with Crippen LogP contribution in [0.3, 0.4) is 0 Å². The molecule has 0 spiro atoms. The van der Waals surface area contributed by atoms with Crippen molar-refractivity contribution < 1.29 is 9.59 Å². The first-order valence-electron chi connectivity index (χ1n) is 9.04. The average molecular weight is 382 g/mol. The summed E-state index contributed by atoms with van der Waals surface area (Å²) >= 11 is 0. The maximum atomic E-state index is 12.6. The molecule has 0 bridgehead atoms. The highest BCUT2D eigenvalue weighted by Gasteiger charge is 2.11. The highest BCUT2D eigenvalue weighted by atomic mass is 16.1. The van der Waals surface area contributed by atoms with E-state index in [1.807, 2.05) is 31.2 Å². The quantitative estimate of drug-likeness (QED) is 0.406. The molecular formula is C23H18N4O2. The smallest absolute Gasteiger partial charge is 0.241 e. The zero-order valence-corrected chi connectivity index (χ0v) is 15.7. The third kappa shape index (κ3) is 3.82. The second kappa shape index (κ2) is 7.52. The fraction of sp³-hybridized carbons (Fsp3) is 0.0435. The number of hydrogen-bond donors (Lipinski definition) is 2. The maximum absolute atomic E-state index is 12.6. The van der Waals surface area contributed by atoms with Crippen molar-refractivity contribution in [2.45, 2.75) is 6.92 Å². The number of nitrogens with one attached hydrogen (secondary N) is 1. The number of nitrogens with two attached hydrogens (primary N) is 1. The Morgan fingerprint density at radius 2 is 1.76 bits per heavy atom. The molecule has 6 heteroatoms. The number of rotatable bonds is 5. The SMILES string of the molecule is Cc1ccc(C(=O)c2ccc(-c3cnc4[nH]cc(/C=C/C(N)=O)c4c3)cn2)cc1. The van der Waals surface area contributed by atoms with Crippen molar-refractivity contribution in [1.82, 2.24) is 15.0 Å². The van der Waals surface area contributed by atoms with Crippen LogP contribution in [0.4, 0.5) is 0 Å². The number of pyridine rings is 2. The van der Waals surface area contributed by atoms with Crippen LogP contribution in [0, 0.1) is 6.92 Å². The molecule has 142 valence electrons. The number of aromatic amines is 1. The Balaban J connectivity index is 1.64. The Hall–Kier alpha value is -4.06. The van der Waals surface area contributed by atoms with Crippen LogP contribution >= 0.6 is 0 Å². The predicted molar refractivity (Wildman–Crippen MR) is 112 cm³/mol. The van der Waals surface area contributed by atoms with Crippen molar-refractivity contribution >= 4 is 28.8 Å². The molecule has 1 amide bonds. The molecule has 0 fully saturated rings. The Morgan fingerprint density at radius 3 is 2.45 bits per heavy atom. The van der Waals surface area contributed by atoms with E-state index < -0.39 is 5.91 Å². The molecule has 0 saturated carbocycles. The first-order valence-corrected chi connectivity index (χ1v) is 9.04. The highest BCUT2D eigenvalue weighted by molar-refractivity contribution is 6.07. The van der Waals surface area contributed by atoms with Gasteiger partial charge in [0.2, 0.25) is 11.7 Å². The molecule has 3 N–H and O–H groups in total. The van der Waals surface area contributed by atoms with Gasteiger partial charge >= 0.3 is 0 Å². The fourth-order valence-corrected chi connectivity index (χ4v) is 3.04. The zero-order valence-electron chi connectivity index (χ0n) is 15.7. The summed E-state index contributed by atoms with van der Waals surface area (Å²) in [6.07, 6.45) is 8.12. The molecule has 4 rings (SSSR count). The van der Waals surface area contributed by atoms with Gasteiger partial charge in [-0.3, -0.25) is 14.6 Å². The van der Waals surface area contributed by atoms with Gasteiger partial charge in [0.25, 0.3) is 0 Å². The summed E-state index contributed by atoms with van der Waals surface area (Å²) in [6.45, 7) is 1.98. The minimum absolute atomic E-state index is 0.116. The lowest BCUT2D eigenvalue weighted by Gasteiger charge is -2.05. The third-order valence-electron chi connectivity index (χ3n) is 4.63. The van der Waals surface area contributed by atoms with Crippen LogP contribution < -0.4 is 5.73 Å². The minimum atomic E-state index is -0.513. The number of primary amides is 1. The maximum Gasteiger partial charge on any atom is 0.241 e. The van der Waals surface area contributed by atoms with Crippen LogP contribution in [-0.2, 0) is 4.79 Å². The number of carbonyl (C=O) groups is 2. The van der Waals surface area contributed by atoms with Crippen LogP contribution in [0.2, 0.25) is 0 Å². The molecule has 0 aliphatic heterocycles. The van der Waals surface area contributed by atoms with Crippen molar-refractivity contribution in [3.8, 4) is 11.1 Å². The lowest BCUT2D eigenvalue weighted by atomic mass is 10.0. The summed E-state index contributed by atoms with van der Waals surface area (Å²) in [4.78, 5) is 35.4. The number of benzene rings is 1. The fourth-order valence-electron chi connectivity index (χ4n) is 3.04. The molecule has 0 saturated heterocycles. The third-order valence-corrected chi connectivity index (χ3v) is 4.63. The minimum Gasteiger partial charge on any atom is -0.366 e. The largest absolute Gasteiger partial charge is 0.366 e. The molecule has 0 aliphatic carbocycles. The van der Waals surface area contributed by atoms with E-state index in [1.165, 1.54) is 6.08 Å². The first-order chi connectivity index (χ1) is 14.0. The number of amides is 1. The predicted octanol–water partition coefficient (Wildman–Crippen LogP) is 3.66. The number of ketones is 1. The van der Waals surface area contributed by atoms with Crippen LogP contribution in [-0.4, -0.2) is 26.6 Å². The van der Waals surface area contributed by atoms with Gasteiger partial charge < -0.3 is 10.7 Å². The summed E-state index contributed by atoms with van der Waals surface area (Å²) in [6, 6.07) is 12.9. The molecule has 0 radical (unpaired) electrons. The average Bonchev–Trinajstić information content (AvgIpc) is 3.14. The Kier molecular flexibility index (Phi) is 4.75. The lowest BCUT2D eigenvalue weighted by Crippen LogP contribution is -2.04. The lowest BCUT2D eigenvalue weighted by molar-refractivity contribution is -0.113. The van der Waals surface area contributed by atoms with Gasteiger partial charge in [-0.2, -0.15) is 0 Å². The molecule has 0 unspecified atom stereocenters. The molecular weight excluding hydrogens is 364 g/mol. The van der Waals surface area contributed by atoms with Gasteiger partial charge in [0.05, 0.1) is 0 Å². The van der Waals surface area contributed by atoms with E-state index in [1.54, 1.807) is 42.9 Å². The second-order valence-corrected chi connectivity index (χ2v) is 6.73. The van der Waals surface area contributed by atoms with E-state index in [-0.39, 0.29) is 5.78 Å². The van der Waals surface area contributed by atoms with E-state index in [4.69, 9.17) is 5.73 Å². The number of carbonyl (C=O) groups excluding carboxylic acids is 2. The topological polar surface area (TPSA) is 102 Å². The highest BCUT2D eigenvalue weighted by Crippen LogP contribution is 2.25. The van der Waals surface area contributed by atoms with Gasteiger partial charge in [0.1, 0.15) is 11.3 Å². The summed E-state index contributed by atoms with van der Waals surface area (Å²) in [5.74, 6) is -0.629. The Morgan fingerprint density at radius 1 is 1.00 bits per heavy atom. The van der Waals surface area contributed by atoms with E-state index in [2.05, 4.69) is 15.0 Å². The molecule has 3 aromatic heterocycles. The first kappa shape index (κ1) is 18.3. The van der Waals surface area contributed by atoms with Crippen molar-refractivity contribution in [3.05, 3.63) is 89.5 Å². The van der Waals surface area contributed by atoms with Gasteiger partial charge in [-0.05, 0) is 25.1 Å². The van der Waals surface area contributed by atoms with Gasteiger partial charge in [-0.1, -0.05) is 35.9 Å². The van der Waals surface area contributed by atoms with E-state index in [9.17, 15) is 9.59 Å². The van der Waals surface area contributed by atoms with E-state index in [0.717, 1.165) is 27.6 Å². The summed E-state index contributed by atoms with van der Waals surface area (Å²) in [5.41, 5.74) is 10.5. The molecule has 29 heavy (non-hydrogen) atoms. The van der Waals surface area contributed by atoms with Gasteiger partial charge in [0, 0.05) is 52.3 Å². The number of hydrogen-bond acceptors (Lipinski definition) is 4. The second-order valence-electron chi connectivity index (χ2n) is 6.73. The molecule has 4 aromatic rings. The zero-order chi connectivity index (χ0) is 20.4. The molecule has 3 heterocycles. The van der Waals surface area contributed by atoms with E-state index in [0.29, 0.717) is 16.9 Å². The standard InChI is InChI=1S/C23H18N4O2/c1-14-2-4-15(5-3-14)22(29)20-8-6-16(11-25-20)18-10-19-17(7-9-21(24)28)12-26-23(19)27-13-18/h2-13H,1H3,(H2,24,28)(H,26,27)/b9-7+. The number of H-pyrrole nitrogens is 1. The number of aryl methyl sites for hydroxylation is 1. The van der Waals surface area contributed by atoms with Crippen LogP contribution in [0.15, 0.2) is 67.1 Å². The van der Waals surface area contributed by atoms with Crippen LogP contribution in [0.25, 0.3) is 28.2 Å².